The average Bonchev–Trinajstić information content (AvgIpc) is 2.90. The van der Waals surface area contributed by atoms with Crippen LogP contribution in [0.25, 0.3) is 0 Å². The molecule has 4 aliphatic rings. The lowest BCUT2D eigenvalue weighted by atomic mass is 9.44. The standard InChI is InChI=1S/C30H38O10/c1-15-18(13-31)12-30(37)25(39-26(36)17-9-7-6-8-10-17)23-28(5,24(35)22(34)21(15)27(30,3)4)19(33)11-20-29(23,14-38-20)40-16(2)32/h6-10,18-20,22-23,25,31,33-34,37H,11-14H2,1-5H3/t18?,19-,20+,22+,23?,25-,28+,29-,30+/m0/s1. The average molecular weight is 559 g/mol. The molecular formula is C30H38O10. The highest BCUT2D eigenvalue weighted by Crippen LogP contribution is 2.64. The first-order valence-electron chi connectivity index (χ1n) is 13.7. The molecule has 5 rings (SSSR count). The summed E-state index contributed by atoms with van der Waals surface area (Å²) in [7, 11) is 0. The van der Waals surface area contributed by atoms with Gasteiger partial charge >= 0.3 is 11.9 Å². The Morgan fingerprint density at radius 1 is 1.12 bits per heavy atom. The molecule has 0 amide bonds. The van der Waals surface area contributed by atoms with Crippen molar-refractivity contribution in [1.82, 2.24) is 0 Å². The van der Waals surface area contributed by atoms with Gasteiger partial charge in [0, 0.05) is 31.3 Å². The number of ketones is 1. The quantitative estimate of drug-likeness (QED) is 0.314. The molecule has 0 radical (unpaired) electrons. The van der Waals surface area contributed by atoms with Crippen molar-refractivity contribution in [1.29, 1.82) is 0 Å². The van der Waals surface area contributed by atoms with Crippen LogP contribution in [0.4, 0.5) is 0 Å². The molecular weight excluding hydrogens is 520 g/mol. The van der Waals surface area contributed by atoms with E-state index < -0.39 is 76.0 Å². The van der Waals surface area contributed by atoms with E-state index in [4.69, 9.17) is 14.2 Å². The van der Waals surface area contributed by atoms with Gasteiger partial charge in [-0.1, -0.05) is 37.6 Å². The molecule has 3 aliphatic carbocycles. The minimum absolute atomic E-state index is 0.0722. The number of rotatable bonds is 4. The van der Waals surface area contributed by atoms with Gasteiger partial charge in [-0.25, -0.2) is 4.79 Å². The van der Waals surface area contributed by atoms with Gasteiger partial charge in [-0.05, 0) is 38.0 Å². The van der Waals surface area contributed by atoms with E-state index in [9.17, 15) is 34.8 Å². The van der Waals surface area contributed by atoms with Gasteiger partial charge in [0.15, 0.2) is 11.4 Å². The number of ether oxygens (including phenoxy) is 3. The zero-order valence-electron chi connectivity index (χ0n) is 23.4. The van der Waals surface area contributed by atoms with E-state index >= 15 is 0 Å². The van der Waals surface area contributed by atoms with Crippen LogP contribution in [0.5, 0.6) is 0 Å². The van der Waals surface area contributed by atoms with Crippen molar-refractivity contribution in [3.8, 4) is 0 Å². The number of carbonyl (C=O) groups is 3. The lowest BCUT2D eigenvalue weighted by molar-refractivity contribution is -0.345. The molecule has 1 heterocycles. The molecule has 1 saturated heterocycles. The Bertz CT molecular complexity index is 1260. The maximum atomic E-state index is 14.4. The van der Waals surface area contributed by atoms with Crippen LogP contribution >= 0.6 is 0 Å². The molecule has 3 fully saturated rings. The summed E-state index contributed by atoms with van der Waals surface area (Å²) in [5.41, 5.74) is -5.72. The summed E-state index contributed by atoms with van der Waals surface area (Å²) in [5, 5.41) is 46.3. The zero-order valence-corrected chi connectivity index (χ0v) is 23.4. The molecule has 4 N–H and O–H groups in total. The smallest absolute Gasteiger partial charge is 0.338 e. The van der Waals surface area contributed by atoms with Crippen molar-refractivity contribution < 1.29 is 49.0 Å². The minimum Gasteiger partial charge on any atom is -0.455 e. The number of Topliss-reactive ketones (excluding diaryl/α,β-unsaturated/α-hetero) is 1. The first-order chi connectivity index (χ1) is 18.7. The van der Waals surface area contributed by atoms with E-state index in [-0.39, 0.29) is 37.2 Å². The van der Waals surface area contributed by atoms with Gasteiger partial charge in [-0.3, -0.25) is 9.59 Å². The summed E-state index contributed by atoms with van der Waals surface area (Å²) in [6.07, 6.45) is -5.63. The van der Waals surface area contributed by atoms with Gasteiger partial charge in [-0.15, -0.1) is 0 Å². The van der Waals surface area contributed by atoms with E-state index in [0.717, 1.165) is 0 Å². The Kier molecular flexibility index (Phi) is 6.83. The third-order valence-corrected chi connectivity index (χ3v) is 10.3. The molecule has 10 heteroatoms. The third kappa shape index (κ3) is 3.69. The first kappa shape index (κ1) is 28.9. The van der Waals surface area contributed by atoms with E-state index in [2.05, 4.69) is 0 Å². The number of carbonyl (C=O) groups excluding carboxylic acids is 3. The molecule has 0 spiro atoms. The molecule has 2 bridgehead atoms. The highest BCUT2D eigenvalue weighted by molar-refractivity contribution is 5.94. The lowest BCUT2D eigenvalue weighted by Crippen LogP contribution is -2.81. The molecule has 1 aromatic carbocycles. The summed E-state index contributed by atoms with van der Waals surface area (Å²) in [6.45, 7) is 7.15. The number of aliphatic hydroxyl groups is 4. The van der Waals surface area contributed by atoms with Crippen LogP contribution in [-0.4, -0.2) is 87.0 Å². The Hall–Kier alpha value is -2.63. The second kappa shape index (κ2) is 9.46. The molecule has 40 heavy (non-hydrogen) atoms. The van der Waals surface area contributed by atoms with Gasteiger partial charge in [0.1, 0.15) is 23.9 Å². The normalized spacial score (nSPS) is 42.0. The van der Waals surface area contributed by atoms with Crippen LogP contribution in [0.2, 0.25) is 0 Å². The Morgan fingerprint density at radius 3 is 2.33 bits per heavy atom. The second-order valence-electron chi connectivity index (χ2n) is 12.5. The van der Waals surface area contributed by atoms with E-state index in [1.807, 2.05) is 0 Å². The molecule has 0 aromatic heterocycles. The summed E-state index contributed by atoms with van der Waals surface area (Å²) < 4.78 is 17.9. The number of hydrogen-bond acceptors (Lipinski definition) is 10. The number of esters is 2. The molecule has 218 valence electrons. The van der Waals surface area contributed by atoms with Crippen molar-refractivity contribution >= 4 is 17.7 Å². The van der Waals surface area contributed by atoms with Crippen LogP contribution in [0, 0.1) is 22.7 Å². The van der Waals surface area contributed by atoms with Gasteiger partial charge in [0.2, 0.25) is 0 Å². The fourth-order valence-corrected chi connectivity index (χ4v) is 7.99. The lowest BCUT2D eigenvalue weighted by Gasteiger charge is -2.67. The highest BCUT2D eigenvalue weighted by Gasteiger charge is 2.77. The van der Waals surface area contributed by atoms with Gasteiger partial charge in [-0.2, -0.15) is 0 Å². The van der Waals surface area contributed by atoms with Gasteiger partial charge < -0.3 is 34.6 Å². The van der Waals surface area contributed by atoms with Crippen LogP contribution in [0.15, 0.2) is 41.5 Å². The molecule has 9 atom stereocenters. The van der Waals surface area contributed by atoms with Crippen molar-refractivity contribution in [2.45, 2.75) is 83.1 Å². The van der Waals surface area contributed by atoms with Crippen molar-refractivity contribution in [3.05, 3.63) is 47.0 Å². The minimum atomic E-state index is -1.97. The summed E-state index contributed by atoms with van der Waals surface area (Å²) >= 11 is 0. The third-order valence-electron chi connectivity index (χ3n) is 10.3. The Morgan fingerprint density at radius 2 is 1.77 bits per heavy atom. The van der Waals surface area contributed by atoms with Crippen LogP contribution < -0.4 is 0 Å². The second-order valence-corrected chi connectivity index (χ2v) is 12.5. The Balaban J connectivity index is 1.82. The van der Waals surface area contributed by atoms with Crippen LogP contribution in [0.1, 0.15) is 57.8 Å². The predicted molar refractivity (Wildman–Crippen MR) is 140 cm³/mol. The summed E-state index contributed by atoms with van der Waals surface area (Å²) in [4.78, 5) is 40.5. The monoisotopic (exact) mass is 558 g/mol. The number of hydrogen-bond donors (Lipinski definition) is 4. The zero-order chi connectivity index (χ0) is 29.4. The van der Waals surface area contributed by atoms with Gasteiger partial charge in [0.25, 0.3) is 0 Å². The summed E-state index contributed by atoms with van der Waals surface area (Å²) in [6, 6.07) is 8.15. The number of benzene rings is 1. The van der Waals surface area contributed by atoms with Crippen molar-refractivity contribution in [2.24, 2.45) is 22.7 Å². The van der Waals surface area contributed by atoms with Crippen LogP contribution in [0.3, 0.4) is 0 Å². The summed E-state index contributed by atoms with van der Waals surface area (Å²) in [5.74, 6) is -4.16. The van der Waals surface area contributed by atoms with E-state index in [0.29, 0.717) is 5.57 Å². The van der Waals surface area contributed by atoms with E-state index in [1.165, 1.54) is 13.8 Å². The molecule has 10 nitrogen and oxygen atoms in total. The largest absolute Gasteiger partial charge is 0.455 e. The topological polar surface area (TPSA) is 160 Å². The SMILES string of the molecule is CC(=O)O[C@@]12CO[C@@H]1C[C@H](O)[C@@]1(C)C(=O)[C@H](O)C3=C(C)C(CO)C[C@@](O)([C@@H](OC(=O)c4ccccc4)C12)C3(C)C. The molecule has 2 unspecified atom stereocenters. The Labute approximate surface area is 232 Å². The highest BCUT2D eigenvalue weighted by atomic mass is 16.6. The van der Waals surface area contributed by atoms with Crippen molar-refractivity contribution in [2.75, 3.05) is 13.2 Å². The fraction of sp³-hybridized carbons (Fsp3) is 0.633. The first-order valence-corrected chi connectivity index (χ1v) is 13.7. The maximum Gasteiger partial charge on any atom is 0.338 e. The predicted octanol–water partition coefficient (Wildman–Crippen LogP) is 1.33. The fourth-order valence-electron chi connectivity index (χ4n) is 7.99. The van der Waals surface area contributed by atoms with Crippen LogP contribution in [-0.2, 0) is 23.8 Å². The molecule has 1 aliphatic heterocycles. The number of fused-ring (bicyclic) bond motifs is 5. The number of aliphatic hydroxyl groups excluding tert-OH is 3. The molecule has 2 saturated carbocycles. The van der Waals surface area contributed by atoms with Gasteiger partial charge in [0.05, 0.1) is 29.6 Å². The van der Waals surface area contributed by atoms with Crippen molar-refractivity contribution in [3.63, 3.8) is 0 Å². The molecule has 1 aromatic rings. The van der Waals surface area contributed by atoms with E-state index in [1.54, 1.807) is 51.1 Å². The maximum absolute atomic E-state index is 14.4.